The molecule has 0 bridgehead atoms. The predicted molar refractivity (Wildman–Crippen MR) is 63.3 cm³/mol. The molecule has 0 aromatic heterocycles. The minimum atomic E-state index is -2.96. The van der Waals surface area contributed by atoms with E-state index in [1.165, 1.54) is 25.7 Å². The molecular formula is C11H23NO2S. The summed E-state index contributed by atoms with van der Waals surface area (Å²) in [6, 6.07) is 0.259. The molecule has 4 heteroatoms. The second kappa shape index (κ2) is 6.48. The van der Waals surface area contributed by atoms with E-state index in [9.17, 15) is 8.42 Å². The van der Waals surface area contributed by atoms with E-state index in [0.717, 1.165) is 25.7 Å². The smallest absolute Gasteiger partial charge is 0.211 e. The number of hydrogen-bond donors (Lipinski definition) is 1. The van der Waals surface area contributed by atoms with Crippen LogP contribution in [0.2, 0.25) is 0 Å². The summed E-state index contributed by atoms with van der Waals surface area (Å²) in [6.07, 6.45) is 8.83. The third kappa shape index (κ3) is 6.90. The van der Waals surface area contributed by atoms with Crippen LogP contribution in [0, 0.1) is 0 Å². The zero-order valence-electron chi connectivity index (χ0n) is 9.67. The Labute approximate surface area is 93.7 Å². The maximum absolute atomic E-state index is 11.5. The summed E-state index contributed by atoms with van der Waals surface area (Å²) in [5.74, 6) is 0.315. The van der Waals surface area contributed by atoms with Gasteiger partial charge in [0.05, 0.1) is 5.75 Å². The lowest BCUT2D eigenvalue weighted by molar-refractivity contribution is 0.570. The molecule has 0 aromatic carbocycles. The Balaban J connectivity index is 1.98. The van der Waals surface area contributed by atoms with Crippen LogP contribution in [0.4, 0.5) is 0 Å². The fourth-order valence-corrected chi connectivity index (χ4v) is 3.03. The second-order valence-electron chi connectivity index (χ2n) is 4.48. The molecule has 0 saturated heterocycles. The third-order valence-electron chi connectivity index (χ3n) is 2.69. The molecule has 15 heavy (non-hydrogen) atoms. The van der Waals surface area contributed by atoms with Crippen LogP contribution in [0.5, 0.6) is 0 Å². The fraction of sp³-hybridized carbons (Fsp3) is 1.00. The van der Waals surface area contributed by atoms with Crippen molar-refractivity contribution in [3.8, 4) is 0 Å². The van der Waals surface area contributed by atoms with Gasteiger partial charge < -0.3 is 0 Å². The van der Waals surface area contributed by atoms with Crippen molar-refractivity contribution >= 4 is 10.0 Å². The maximum Gasteiger partial charge on any atom is 0.211 e. The molecule has 1 rings (SSSR count). The van der Waals surface area contributed by atoms with Gasteiger partial charge in [-0.1, -0.05) is 39.0 Å². The van der Waals surface area contributed by atoms with Gasteiger partial charge in [-0.25, -0.2) is 13.1 Å². The van der Waals surface area contributed by atoms with Gasteiger partial charge in [0.15, 0.2) is 0 Å². The van der Waals surface area contributed by atoms with E-state index >= 15 is 0 Å². The quantitative estimate of drug-likeness (QED) is 0.622. The highest BCUT2D eigenvalue weighted by Crippen LogP contribution is 2.20. The van der Waals surface area contributed by atoms with Gasteiger partial charge in [-0.15, -0.1) is 0 Å². The molecule has 0 heterocycles. The first-order valence-corrected chi connectivity index (χ1v) is 7.79. The van der Waals surface area contributed by atoms with Crippen molar-refractivity contribution in [2.45, 2.75) is 64.3 Å². The molecule has 0 atom stereocenters. The molecule has 0 radical (unpaired) electrons. The summed E-state index contributed by atoms with van der Waals surface area (Å²) in [5.41, 5.74) is 0. The van der Waals surface area contributed by atoms with Crippen molar-refractivity contribution < 1.29 is 8.42 Å². The van der Waals surface area contributed by atoms with Crippen LogP contribution in [0.15, 0.2) is 0 Å². The van der Waals surface area contributed by atoms with Crippen LogP contribution in [0.1, 0.15) is 58.3 Å². The summed E-state index contributed by atoms with van der Waals surface area (Å²) in [4.78, 5) is 0. The molecule has 1 aliphatic carbocycles. The van der Waals surface area contributed by atoms with E-state index in [1.54, 1.807) is 0 Å². The normalized spacial score (nSPS) is 16.9. The Morgan fingerprint density at radius 3 is 2.27 bits per heavy atom. The van der Waals surface area contributed by atoms with Crippen molar-refractivity contribution in [1.82, 2.24) is 4.72 Å². The molecule has 1 fully saturated rings. The molecule has 90 valence electrons. The van der Waals surface area contributed by atoms with E-state index in [-0.39, 0.29) is 6.04 Å². The van der Waals surface area contributed by atoms with Gasteiger partial charge in [0.25, 0.3) is 0 Å². The van der Waals surface area contributed by atoms with Gasteiger partial charge in [-0.2, -0.15) is 0 Å². The monoisotopic (exact) mass is 233 g/mol. The number of hydrogen-bond acceptors (Lipinski definition) is 2. The van der Waals surface area contributed by atoms with E-state index in [0.29, 0.717) is 5.75 Å². The Morgan fingerprint density at radius 1 is 1.07 bits per heavy atom. The fourth-order valence-electron chi connectivity index (χ4n) is 1.59. The lowest BCUT2D eigenvalue weighted by Crippen LogP contribution is -2.28. The van der Waals surface area contributed by atoms with Crippen LogP contribution in [0.25, 0.3) is 0 Å². The first-order valence-electron chi connectivity index (χ1n) is 6.14. The van der Waals surface area contributed by atoms with Crippen LogP contribution in [0.3, 0.4) is 0 Å². The Hall–Kier alpha value is -0.0900. The molecule has 0 aliphatic heterocycles. The number of rotatable bonds is 9. The Morgan fingerprint density at radius 2 is 1.67 bits per heavy atom. The molecule has 0 unspecified atom stereocenters. The van der Waals surface area contributed by atoms with Crippen LogP contribution < -0.4 is 4.72 Å². The third-order valence-corrected chi connectivity index (χ3v) is 4.21. The van der Waals surface area contributed by atoms with E-state index in [2.05, 4.69) is 11.6 Å². The van der Waals surface area contributed by atoms with Crippen molar-refractivity contribution in [1.29, 1.82) is 0 Å². The molecule has 0 spiro atoms. The summed E-state index contributed by atoms with van der Waals surface area (Å²) in [6.45, 7) is 2.18. The predicted octanol–water partition coefficient (Wildman–Crippen LogP) is 2.43. The summed E-state index contributed by atoms with van der Waals surface area (Å²) in [7, 11) is -2.96. The van der Waals surface area contributed by atoms with E-state index in [1.807, 2.05) is 0 Å². The standard InChI is InChI=1S/C11H23NO2S/c1-2-3-4-5-6-7-10-15(13,14)12-11-8-9-11/h11-12H,2-10H2,1H3. The molecular weight excluding hydrogens is 210 g/mol. The minimum absolute atomic E-state index is 0.259. The second-order valence-corrected chi connectivity index (χ2v) is 6.35. The number of nitrogens with one attached hydrogen (secondary N) is 1. The number of sulfonamides is 1. The number of unbranched alkanes of at least 4 members (excludes halogenated alkanes) is 5. The Kier molecular flexibility index (Phi) is 5.61. The lowest BCUT2D eigenvalue weighted by atomic mass is 10.1. The first kappa shape index (κ1) is 13.0. The maximum atomic E-state index is 11.5. The van der Waals surface area contributed by atoms with Gasteiger partial charge in [0, 0.05) is 6.04 Å². The van der Waals surface area contributed by atoms with E-state index < -0.39 is 10.0 Å². The zero-order chi connectivity index (χ0) is 11.1. The van der Waals surface area contributed by atoms with Crippen molar-refractivity contribution in [2.75, 3.05) is 5.75 Å². The minimum Gasteiger partial charge on any atom is -0.212 e. The van der Waals surface area contributed by atoms with Crippen molar-refractivity contribution in [3.63, 3.8) is 0 Å². The van der Waals surface area contributed by atoms with Crippen molar-refractivity contribution in [2.24, 2.45) is 0 Å². The highest BCUT2D eigenvalue weighted by Gasteiger charge is 2.26. The molecule has 1 N–H and O–H groups in total. The first-order chi connectivity index (χ1) is 7.14. The molecule has 0 aromatic rings. The van der Waals surface area contributed by atoms with Gasteiger partial charge in [-0.05, 0) is 19.3 Å². The molecule has 1 saturated carbocycles. The molecule has 0 amide bonds. The van der Waals surface area contributed by atoms with Crippen LogP contribution >= 0.6 is 0 Å². The SMILES string of the molecule is CCCCCCCCS(=O)(=O)NC1CC1. The van der Waals surface area contributed by atoms with Crippen LogP contribution in [-0.4, -0.2) is 20.2 Å². The van der Waals surface area contributed by atoms with Crippen LogP contribution in [-0.2, 0) is 10.0 Å². The highest BCUT2D eigenvalue weighted by molar-refractivity contribution is 7.89. The molecule has 3 nitrogen and oxygen atoms in total. The highest BCUT2D eigenvalue weighted by atomic mass is 32.2. The topological polar surface area (TPSA) is 46.2 Å². The molecule has 1 aliphatic rings. The zero-order valence-corrected chi connectivity index (χ0v) is 10.5. The van der Waals surface area contributed by atoms with Gasteiger partial charge in [-0.3, -0.25) is 0 Å². The van der Waals surface area contributed by atoms with Crippen molar-refractivity contribution in [3.05, 3.63) is 0 Å². The van der Waals surface area contributed by atoms with Gasteiger partial charge in [0.1, 0.15) is 0 Å². The summed E-state index contributed by atoms with van der Waals surface area (Å²) in [5, 5.41) is 0. The largest absolute Gasteiger partial charge is 0.212 e. The summed E-state index contributed by atoms with van der Waals surface area (Å²) >= 11 is 0. The van der Waals surface area contributed by atoms with Gasteiger partial charge in [0.2, 0.25) is 10.0 Å². The van der Waals surface area contributed by atoms with E-state index in [4.69, 9.17) is 0 Å². The lowest BCUT2D eigenvalue weighted by Gasteiger charge is -2.04. The Bertz CT molecular complexity index is 258. The summed E-state index contributed by atoms with van der Waals surface area (Å²) < 4.78 is 25.6. The van der Waals surface area contributed by atoms with Gasteiger partial charge >= 0.3 is 0 Å². The average molecular weight is 233 g/mol. The average Bonchev–Trinajstić information content (AvgIpc) is 2.94.